The minimum atomic E-state index is -1.24. The third kappa shape index (κ3) is 3.75. The summed E-state index contributed by atoms with van der Waals surface area (Å²) in [5.41, 5.74) is 0.410. The second kappa shape index (κ2) is 7.99. The van der Waals surface area contributed by atoms with E-state index in [4.69, 9.17) is 0 Å². The number of nitrogens with zero attached hydrogens (tertiary/aromatic N) is 3. The normalized spacial score (nSPS) is 13.2. The standard InChI is InChI=1S/C20H20N4O4/c1-12(2)17(24-19(26)14-10-6-7-11-15(14)22-23-24)18(25)21-16(20(27)28)13-8-4-3-5-9-13/h3-12,16-17H,1-2H3,(H,21,25)(H,27,28)/t16-,17-/m0/s1. The summed E-state index contributed by atoms with van der Waals surface area (Å²) >= 11 is 0. The minimum Gasteiger partial charge on any atom is -0.479 e. The van der Waals surface area contributed by atoms with Gasteiger partial charge in [0, 0.05) is 0 Å². The number of amides is 1. The van der Waals surface area contributed by atoms with Crippen LogP contribution in [0.4, 0.5) is 0 Å². The Morgan fingerprint density at radius 3 is 2.32 bits per heavy atom. The molecule has 0 saturated heterocycles. The van der Waals surface area contributed by atoms with Crippen LogP contribution in [0.25, 0.3) is 10.9 Å². The summed E-state index contributed by atoms with van der Waals surface area (Å²) in [4.78, 5) is 37.5. The van der Waals surface area contributed by atoms with Crippen molar-refractivity contribution in [2.45, 2.75) is 25.9 Å². The number of carbonyl (C=O) groups excluding carboxylic acids is 1. The summed E-state index contributed by atoms with van der Waals surface area (Å²) < 4.78 is 1.02. The molecule has 1 amide bonds. The lowest BCUT2D eigenvalue weighted by Crippen LogP contribution is -2.44. The van der Waals surface area contributed by atoms with Gasteiger partial charge in [-0.05, 0) is 23.6 Å². The molecule has 1 aromatic heterocycles. The van der Waals surface area contributed by atoms with Crippen LogP contribution >= 0.6 is 0 Å². The summed E-state index contributed by atoms with van der Waals surface area (Å²) in [7, 11) is 0. The van der Waals surface area contributed by atoms with Gasteiger partial charge in [0.15, 0.2) is 6.04 Å². The highest BCUT2D eigenvalue weighted by Gasteiger charge is 2.31. The van der Waals surface area contributed by atoms with E-state index in [2.05, 4.69) is 15.6 Å². The second-order valence-electron chi connectivity index (χ2n) is 6.74. The van der Waals surface area contributed by atoms with Gasteiger partial charge < -0.3 is 10.4 Å². The Bertz CT molecular complexity index is 1060. The second-order valence-corrected chi connectivity index (χ2v) is 6.74. The molecule has 2 aromatic carbocycles. The van der Waals surface area contributed by atoms with Gasteiger partial charge in [-0.2, -0.15) is 4.68 Å². The van der Waals surface area contributed by atoms with Gasteiger partial charge in [0.25, 0.3) is 5.56 Å². The number of carboxylic acid groups (broad SMARTS) is 1. The molecule has 3 aromatic rings. The van der Waals surface area contributed by atoms with Gasteiger partial charge >= 0.3 is 5.97 Å². The average Bonchev–Trinajstić information content (AvgIpc) is 2.68. The molecule has 0 aliphatic heterocycles. The van der Waals surface area contributed by atoms with E-state index in [1.54, 1.807) is 68.4 Å². The fourth-order valence-electron chi connectivity index (χ4n) is 3.04. The largest absolute Gasteiger partial charge is 0.479 e. The number of aromatic nitrogens is 3. The first-order chi connectivity index (χ1) is 13.4. The van der Waals surface area contributed by atoms with Gasteiger partial charge in [0.2, 0.25) is 5.91 Å². The number of aliphatic carboxylic acids is 1. The van der Waals surface area contributed by atoms with Gasteiger partial charge in [0.1, 0.15) is 11.6 Å². The first-order valence-electron chi connectivity index (χ1n) is 8.82. The van der Waals surface area contributed by atoms with Crippen molar-refractivity contribution in [1.82, 2.24) is 20.3 Å². The van der Waals surface area contributed by atoms with Crippen molar-refractivity contribution in [3.05, 3.63) is 70.5 Å². The van der Waals surface area contributed by atoms with Gasteiger partial charge in [-0.3, -0.25) is 9.59 Å². The summed E-state index contributed by atoms with van der Waals surface area (Å²) in [6.45, 7) is 3.51. The molecule has 0 spiro atoms. The van der Waals surface area contributed by atoms with Gasteiger partial charge in [-0.15, -0.1) is 5.10 Å². The lowest BCUT2D eigenvalue weighted by atomic mass is 10.0. The monoisotopic (exact) mass is 380 g/mol. The highest BCUT2D eigenvalue weighted by Crippen LogP contribution is 2.19. The van der Waals surface area contributed by atoms with E-state index in [0.717, 1.165) is 4.68 Å². The Morgan fingerprint density at radius 2 is 1.68 bits per heavy atom. The molecule has 0 unspecified atom stereocenters. The Hall–Kier alpha value is -3.55. The van der Waals surface area contributed by atoms with Crippen molar-refractivity contribution < 1.29 is 14.7 Å². The highest BCUT2D eigenvalue weighted by molar-refractivity contribution is 5.87. The van der Waals surface area contributed by atoms with Crippen LogP contribution in [-0.4, -0.2) is 32.0 Å². The van der Waals surface area contributed by atoms with E-state index >= 15 is 0 Å². The molecule has 144 valence electrons. The molecule has 2 N–H and O–H groups in total. The predicted octanol–water partition coefficient (Wildman–Crippen LogP) is 1.93. The Kier molecular flexibility index (Phi) is 5.49. The maximum Gasteiger partial charge on any atom is 0.330 e. The molecule has 28 heavy (non-hydrogen) atoms. The Labute approximate surface area is 160 Å². The van der Waals surface area contributed by atoms with Crippen LogP contribution < -0.4 is 10.9 Å². The van der Waals surface area contributed by atoms with E-state index < -0.39 is 29.5 Å². The summed E-state index contributed by atoms with van der Waals surface area (Å²) in [5, 5.41) is 20.4. The maximum absolute atomic E-state index is 13.0. The van der Waals surface area contributed by atoms with Crippen LogP contribution in [0.1, 0.15) is 31.5 Å². The van der Waals surface area contributed by atoms with E-state index in [1.165, 1.54) is 0 Å². The number of carbonyl (C=O) groups is 2. The Morgan fingerprint density at radius 1 is 1.04 bits per heavy atom. The lowest BCUT2D eigenvalue weighted by molar-refractivity contribution is -0.143. The fourth-order valence-corrected chi connectivity index (χ4v) is 3.04. The first-order valence-corrected chi connectivity index (χ1v) is 8.82. The van der Waals surface area contributed by atoms with Crippen LogP contribution in [0.2, 0.25) is 0 Å². The molecule has 8 nitrogen and oxygen atoms in total. The number of carboxylic acids is 1. The predicted molar refractivity (Wildman–Crippen MR) is 103 cm³/mol. The van der Waals surface area contributed by atoms with Crippen molar-refractivity contribution >= 4 is 22.8 Å². The number of rotatable bonds is 6. The molecule has 0 aliphatic carbocycles. The van der Waals surface area contributed by atoms with Crippen LogP contribution in [0.15, 0.2) is 59.4 Å². The molecule has 0 saturated carbocycles. The van der Waals surface area contributed by atoms with E-state index in [-0.39, 0.29) is 5.92 Å². The third-order valence-corrected chi connectivity index (χ3v) is 4.42. The van der Waals surface area contributed by atoms with E-state index in [9.17, 15) is 19.5 Å². The quantitative estimate of drug-likeness (QED) is 0.675. The zero-order valence-corrected chi connectivity index (χ0v) is 15.4. The van der Waals surface area contributed by atoms with Gasteiger partial charge in [0.05, 0.1) is 5.39 Å². The zero-order valence-electron chi connectivity index (χ0n) is 15.4. The lowest BCUT2D eigenvalue weighted by Gasteiger charge is -2.23. The van der Waals surface area contributed by atoms with E-state index in [1.807, 2.05) is 0 Å². The molecule has 0 aliphatic rings. The minimum absolute atomic E-state index is 0.321. The molecule has 2 atom stereocenters. The number of benzene rings is 2. The van der Waals surface area contributed by atoms with Gasteiger partial charge in [-0.1, -0.05) is 61.5 Å². The van der Waals surface area contributed by atoms with Crippen molar-refractivity contribution in [2.24, 2.45) is 5.92 Å². The van der Waals surface area contributed by atoms with Crippen LogP contribution in [-0.2, 0) is 9.59 Å². The van der Waals surface area contributed by atoms with Crippen molar-refractivity contribution in [1.29, 1.82) is 0 Å². The molecule has 0 fully saturated rings. The molecule has 1 heterocycles. The van der Waals surface area contributed by atoms with Crippen LogP contribution in [0.3, 0.4) is 0 Å². The zero-order chi connectivity index (χ0) is 20.3. The summed E-state index contributed by atoms with van der Waals surface area (Å²) in [5.74, 6) is -2.13. The third-order valence-electron chi connectivity index (χ3n) is 4.42. The van der Waals surface area contributed by atoms with Crippen LogP contribution in [0, 0.1) is 5.92 Å². The number of hydrogen-bond acceptors (Lipinski definition) is 5. The average molecular weight is 380 g/mol. The number of nitrogens with one attached hydrogen (secondary N) is 1. The van der Waals surface area contributed by atoms with Gasteiger partial charge in [-0.25, -0.2) is 4.79 Å². The van der Waals surface area contributed by atoms with Crippen molar-refractivity contribution in [2.75, 3.05) is 0 Å². The topological polar surface area (TPSA) is 114 Å². The molecular weight excluding hydrogens is 360 g/mol. The SMILES string of the molecule is CC(C)[C@@H](C(=O)N[C@H](C(=O)O)c1ccccc1)n1nnc2ccccc2c1=O. The molecule has 0 radical (unpaired) electrons. The summed E-state index contributed by atoms with van der Waals surface area (Å²) in [6.07, 6.45) is 0. The first kappa shape index (κ1) is 19.2. The number of fused-ring (bicyclic) bond motifs is 1. The molecular formula is C20H20N4O4. The smallest absolute Gasteiger partial charge is 0.330 e. The maximum atomic E-state index is 13.0. The highest BCUT2D eigenvalue weighted by atomic mass is 16.4. The summed E-state index contributed by atoms with van der Waals surface area (Å²) in [6, 6.07) is 12.8. The van der Waals surface area contributed by atoms with Crippen molar-refractivity contribution in [3.63, 3.8) is 0 Å². The number of hydrogen-bond donors (Lipinski definition) is 2. The Balaban J connectivity index is 1.98. The van der Waals surface area contributed by atoms with Crippen molar-refractivity contribution in [3.8, 4) is 0 Å². The van der Waals surface area contributed by atoms with Crippen LogP contribution in [0.5, 0.6) is 0 Å². The van der Waals surface area contributed by atoms with E-state index in [0.29, 0.717) is 16.5 Å². The molecule has 8 heteroatoms. The molecule has 0 bridgehead atoms. The molecule has 3 rings (SSSR count). The fraction of sp³-hybridized carbons (Fsp3) is 0.250.